The Bertz CT molecular complexity index is 392. The molecule has 0 amide bonds. The molecule has 0 saturated heterocycles. The van der Waals surface area contributed by atoms with E-state index in [2.05, 4.69) is 0 Å². The number of hydrogen-bond acceptors (Lipinski definition) is 4. The van der Waals surface area contributed by atoms with Crippen LogP contribution >= 0.6 is 22.7 Å². The summed E-state index contributed by atoms with van der Waals surface area (Å²) >= 11 is 3.06. The topological polar surface area (TPSA) is 29.5 Å². The molecule has 74 valence electrons. The largest absolute Gasteiger partial charge is 0.495 e. The molecule has 0 bridgehead atoms. The molecule has 0 aliphatic heterocycles. The minimum atomic E-state index is -0.551. The van der Waals surface area contributed by atoms with Crippen molar-refractivity contribution < 1.29 is 9.84 Å². The molecule has 0 radical (unpaired) electrons. The van der Waals surface area contributed by atoms with Crippen LogP contribution in [0, 0.1) is 0 Å². The van der Waals surface area contributed by atoms with Crippen LogP contribution in [0.1, 0.15) is 15.9 Å². The maximum absolute atomic E-state index is 10.0. The van der Waals surface area contributed by atoms with Crippen molar-refractivity contribution in [3.63, 3.8) is 0 Å². The molecule has 2 nitrogen and oxygen atoms in total. The van der Waals surface area contributed by atoms with E-state index < -0.39 is 6.10 Å². The standard InChI is InChI=1S/C10H10O2S2/c1-12-7-4-6-14-10(7)9(11)8-3-2-5-13-8/h2-6,9,11H,1H3. The van der Waals surface area contributed by atoms with Crippen molar-refractivity contribution in [3.8, 4) is 5.75 Å². The lowest BCUT2D eigenvalue weighted by Gasteiger charge is -2.08. The molecule has 2 rings (SSSR count). The molecule has 0 spiro atoms. The number of aliphatic hydroxyl groups excluding tert-OH is 1. The van der Waals surface area contributed by atoms with Gasteiger partial charge in [-0.25, -0.2) is 0 Å². The summed E-state index contributed by atoms with van der Waals surface area (Å²) in [4.78, 5) is 1.82. The molecule has 0 fully saturated rings. The third-order valence-corrected chi connectivity index (χ3v) is 3.81. The molecule has 1 atom stereocenters. The third kappa shape index (κ3) is 1.68. The number of aliphatic hydroxyl groups is 1. The molecule has 2 heterocycles. The normalized spacial score (nSPS) is 12.7. The van der Waals surface area contributed by atoms with Gasteiger partial charge < -0.3 is 9.84 Å². The van der Waals surface area contributed by atoms with Crippen LogP contribution in [-0.2, 0) is 0 Å². The Morgan fingerprint density at radius 1 is 1.29 bits per heavy atom. The Morgan fingerprint density at radius 3 is 2.79 bits per heavy atom. The first-order valence-electron chi connectivity index (χ1n) is 4.15. The molecule has 1 unspecified atom stereocenters. The van der Waals surface area contributed by atoms with Crippen molar-refractivity contribution in [1.29, 1.82) is 0 Å². The van der Waals surface area contributed by atoms with Crippen molar-refractivity contribution in [2.75, 3.05) is 7.11 Å². The molecular weight excluding hydrogens is 216 g/mol. The van der Waals surface area contributed by atoms with Gasteiger partial charge in [0.2, 0.25) is 0 Å². The van der Waals surface area contributed by atoms with E-state index in [1.165, 1.54) is 11.3 Å². The fraction of sp³-hybridized carbons (Fsp3) is 0.200. The molecule has 0 aliphatic carbocycles. The summed E-state index contributed by atoms with van der Waals surface area (Å²) in [7, 11) is 1.62. The lowest BCUT2D eigenvalue weighted by atomic mass is 10.2. The van der Waals surface area contributed by atoms with Crippen molar-refractivity contribution in [2.45, 2.75) is 6.10 Å². The van der Waals surface area contributed by atoms with E-state index in [0.29, 0.717) is 0 Å². The number of methoxy groups -OCH3 is 1. The van der Waals surface area contributed by atoms with Gasteiger partial charge in [0, 0.05) is 4.88 Å². The molecule has 0 aromatic carbocycles. The molecule has 0 aliphatic rings. The maximum atomic E-state index is 10.0. The minimum absolute atomic E-state index is 0.551. The van der Waals surface area contributed by atoms with Crippen molar-refractivity contribution >= 4 is 22.7 Å². The van der Waals surface area contributed by atoms with Crippen LogP contribution in [0.4, 0.5) is 0 Å². The Kier molecular flexibility index (Phi) is 2.86. The summed E-state index contributed by atoms with van der Waals surface area (Å²) < 4.78 is 5.16. The highest BCUT2D eigenvalue weighted by molar-refractivity contribution is 7.11. The monoisotopic (exact) mass is 226 g/mol. The van der Waals surface area contributed by atoms with Gasteiger partial charge in [0.05, 0.1) is 12.0 Å². The van der Waals surface area contributed by atoms with E-state index in [-0.39, 0.29) is 0 Å². The van der Waals surface area contributed by atoms with Crippen LogP contribution in [0.5, 0.6) is 5.75 Å². The second kappa shape index (κ2) is 4.13. The number of ether oxygens (including phenoxy) is 1. The van der Waals surface area contributed by atoms with Gasteiger partial charge in [-0.05, 0) is 22.9 Å². The predicted octanol–water partition coefficient (Wildman–Crippen LogP) is 2.90. The van der Waals surface area contributed by atoms with Gasteiger partial charge in [-0.15, -0.1) is 22.7 Å². The highest BCUT2D eigenvalue weighted by Gasteiger charge is 2.17. The van der Waals surface area contributed by atoms with Gasteiger partial charge in [-0.1, -0.05) is 6.07 Å². The Balaban J connectivity index is 2.31. The zero-order valence-corrected chi connectivity index (χ0v) is 9.27. The molecule has 14 heavy (non-hydrogen) atoms. The van der Waals surface area contributed by atoms with Crippen LogP contribution in [0.2, 0.25) is 0 Å². The van der Waals surface area contributed by atoms with Gasteiger partial charge in [-0.2, -0.15) is 0 Å². The van der Waals surface area contributed by atoms with Gasteiger partial charge in [0.1, 0.15) is 11.9 Å². The summed E-state index contributed by atoms with van der Waals surface area (Å²) in [6.07, 6.45) is -0.551. The summed E-state index contributed by atoms with van der Waals surface area (Å²) in [5, 5.41) is 13.9. The second-order valence-corrected chi connectivity index (χ2v) is 4.70. The molecular formula is C10H10O2S2. The third-order valence-electron chi connectivity index (χ3n) is 1.94. The summed E-state index contributed by atoms with van der Waals surface area (Å²) in [6.45, 7) is 0. The lowest BCUT2D eigenvalue weighted by molar-refractivity contribution is 0.223. The Hall–Kier alpha value is -0.840. The fourth-order valence-electron chi connectivity index (χ4n) is 1.25. The van der Waals surface area contributed by atoms with Crippen LogP contribution in [-0.4, -0.2) is 12.2 Å². The van der Waals surface area contributed by atoms with Crippen LogP contribution in [0.25, 0.3) is 0 Å². The maximum Gasteiger partial charge on any atom is 0.135 e. The zero-order chi connectivity index (χ0) is 9.97. The van der Waals surface area contributed by atoms with Gasteiger partial charge in [0.15, 0.2) is 0 Å². The summed E-state index contributed by atoms with van der Waals surface area (Å²) in [6, 6.07) is 5.73. The SMILES string of the molecule is COc1ccsc1C(O)c1cccs1. The highest BCUT2D eigenvalue weighted by Crippen LogP contribution is 2.35. The number of hydrogen-bond donors (Lipinski definition) is 1. The van der Waals surface area contributed by atoms with E-state index in [1.54, 1.807) is 18.4 Å². The van der Waals surface area contributed by atoms with Crippen molar-refractivity contribution in [2.24, 2.45) is 0 Å². The van der Waals surface area contributed by atoms with Gasteiger partial charge in [-0.3, -0.25) is 0 Å². The quantitative estimate of drug-likeness (QED) is 0.872. The van der Waals surface area contributed by atoms with Crippen LogP contribution < -0.4 is 4.74 Å². The molecule has 1 N–H and O–H groups in total. The first-order chi connectivity index (χ1) is 6.83. The average molecular weight is 226 g/mol. The predicted molar refractivity (Wildman–Crippen MR) is 59.3 cm³/mol. The van der Waals surface area contributed by atoms with Crippen LogP contribution in [0.15, 0.2) is 29.0 Å². The Labute approximate surface area is 90.4 Å². The number of thiophene rings is 2. The van der Waals surface area contributed by atoms with Crippen LogP contribution in [0.3, 0.4) is 0 Å². The second-order valence-electron chi connectivity index (χ2n) is 2.77. The van der Waals surface area contributed by atoms with Gasteiger partial charge in [0.25, 0.3) is 0 Å². The molecule has 0 saturated carbocycles. The average Bonchev–Trinajstić information content (AvgIpc) is 2.87. The van der Waals surface area contributed by atoms with E-state index >= 15 is 0 Å². The number of rotatable bonds is 3. The van der Waals surface area contributed by atoms with E-state index in [1.807, 2.05) is 29.0 Å². The van der Waals surface area contributed by atoms with E-state index in [9.17, 15) is 5.11 Å². The van der Waals surface area contributed by atoms with E-state index in [4.69, 9.17) is 4.74 Å². The Morgan fingerprint density at radius 2 is 2.14 bits per heavy atom. The molecule has 4 heteroatoms. The first-order valence-corrected chi connectivity index (χ1v) is 5.91. The first kappa shape index (κ1) is 9.71. The summed E-state index contributed by atoms with van der Waals surface area (Å²) in [5.41, 5.74) is 0. The smallest absolute Gasteiger partial charge is 0.135 e. The van der Waals surface area contributed by atoms with Crippen molar-refractivity contribution in [1.82, 2.24) is 0 Å². The molecule has 2 aromatic heterocycles. The zero-order valence-electron chi connectivity index (χ0n) is 7.64. The minimum Gasteiger partial charge on any atom is -0.495 e. The van der Waals surface area contributed by atoms with E-state index in [0.717, 1.165) is 15.5 Å². The molecule has 2 aromatic rings. The fourth-order valence-corrected chi connectivity index (χ4v) is 2.91. The van der Waals surface area contributed by atoms with Gasteiger partial charge >= 0.3 is 0 Å². The lowest BCUT2D eigenvalue weighted by Crippen LogP contribution is -1.96. The van der Waals surface area contributed by atoms with Crippen molar-refractivity contribution in [3.05, 3.63) is 38.7 Å². The highest BCUT2D eigenvalue weighted by atomic mass is 32.1. The summed E-state index contributed by atoms with van der Waals surface area (Å²) in [5.74, 6) is 0.760.